The number of hydrogen-bond donors (Lipinski definition) is 1. The zero-order chi connectivity index (χ0) is 12.8. The quantitative estimate of drug-likeness (QED) is 0.837. The van der Waals surface area contributed by atoms with E-state index in [9.17, 15) is 8.78 Å². The zero-order valence-corrected chi connectivity index (χ0v) is 9.95. The Kier molecular flexibility index (Phi) is 5.15. The minimum Gasteiger partial charge on any atom is -0.497 e. The van der Waals surface area contributed by atoms with Crippen molar-refractivity contribution in [3.63, 3.8) is 0 Å². The third-order valence-corrected chi connectivity index (χ3v) is 2.50. The van der Waals surface area contributed by atoms with Crippen molar-refractivity contribution in [1.29, 1.82) is 0 Å². The summed E-state index contributed by atoms with van der Waals surface area (Å²) in [4.78, 5) is 0. The Balaban J connectivity index is 2.93. The van der Waals surface area contributed by atoms with Gasteiger partial charge in [-0.1, -0.05) is 13.0 Å². The molecule has 1 rings (SSSR count). The summed E-state index contributed by atoms with van der Waals surface area (Å²) in [6.07, 6.45) is 1.28. The number of benzene rings is 1. The Bertz CT molecular complexity index is 358. The molecule has 0 heterocycles. The van der Waals surface area contributed by atoms with Crippen LogP contribution in [0.15, 0.2) is 18.2 Å². The first-order valence-corrected chi connectivity index (χ1v) is 5.44. The molecular formula is C12H17F2NO2. The van der Waals surface area contributed by atoms with E-state index in [1.807, 2.05) is 6.92 Å². The van der Waals surface area contributed by atoms with Crippen LogP contribution in [-0.2, 0) is 6.42 Å². The standard InChI is InChI=1S/C12H17F2NO2/c1-3-9(15)6-8-4-5-10(16-2)7-11(8)17-12(13)14/h4-5,7,9,12H,3,6,15H2,1-2H3. The molecule has 96 valence electrons. The summed E-state index contributed by atoms with van der Waals surface area (Å²) < 4.78 is 34.0. The molecule has 0 aliphatic rings. The molecule has 0 saturated heterocycles. The lowest BCUT2D eigenvalue weighted by Gasteiger charge is -2.14. The fourth-order valence-corrected chi connectivity index (χ4v) is 1.46. The molecule has 1 atom stereocenters. The third kappa shape index (κ3) is 4.19. The van der Waals surface area contributed by atoms with E-state index in [1.54, 1.807) is 12.1 Å². The van der Waals surface area contributed by atoms with Crippen LogP contribution in [0.4, 0.5) is 8.78 Å². The molecule has 0 aliphatic heterocycles. The van der Waals surface area contributed by atoms with Gasteiger partial charge in [0.05, 0.1) is 7.11 Å². The highest BCUT2D eigenvalue weighted by Gasteiger charge is 2.13. The van der Waals surface area contributed by atoms with Gasteiger partial charge in [0.25, 0.3) is 0 Å². The molecular weight excluding hydrogens is 228 g/mol. The minimum absolute atomic E-state index is 0.0663. The highest BCUT2D eigenvalue weighted by atomic mass is 19.3. The Morgan fingerprint density at radius 2 is 2.06 bits per heavy atom. The molecule has 0 radical (unpaired) electrons. The van der Waals surface area contributed by atoms with Gasteiger partial charge in [0.2, 0.25) is 0 Å². The Labute approximate surface area is 99.5 Å². The molecule has 0 fully saturated rings. The molecule has 5 heteroatoms. The van der Waals surface area contributed by atoms with E-state index in [0.717, 1.165) is 6.42 Å². The molecule has 0 amide bonds. The lowest BCUT2D eigenvalue weighted by molar-refractivity contribution is -0.0505. The second-order valence-corrected chi connectivity index (χ2v) is 3.72. The van der Waals surface area contributed by atoms with Gasteiger partial charge in [0.15, 0.2) is 0 Å². The van der Waals surface area contributed by atoms with E-state index < -0.39 is 6.61 Å². The summed E-state index contributed by atoms with van der Waals surface area (Å²) in [7, 11) is 1.47. The summed E-state index contributed by atoms with van der Waals surface area (Å²) in [5.74, 6) is 0.609. The van der Waals surface area contributed by atoms with E-state index in [0.29, 0.717) is 17.7 Å². The van der Waals surface area contributed by atoms with Crippen molar-refractivity contribution in [2.75, 3.05) is 7.11 Å². The zero-order valence-electron chi connectivity index (χ0n) is 9.95. The first-order valence-electron chi connectivity index (χ1n) is 5.44. The summed E-state index contributed by atoms with van der Waals surface area (Å²) in [5, 5.41) is 0. The number of rotatable bonds is 6. The predicted molar refractivity (Wildman–Crippen MR) is 61.6 cm³/mol. The van der Waals surface area contributed by atoms with Gasteiger partial charge in [-0.2, -0.15) is 8.78 Å². The van der Waals surface area contributed by atoms with Crippen LogP contribution in [0.3, 0.4) is 0 Å². The molecule has 0 aliphatic carbocycles. The maximum Gasteiger partial charge on any atom is 0.387 e. The molecule has 0 saturated carbocycles. The Morgan fingerprint density at radius 3 is 2.59 bits per heavy atom. The molecule has 17 heavy (non-hydrogen) atoms. The van der Waals surface area contributed by atoms with Crippen molar-refractivity contribution in [2.45, 2.75) is 32.4 Å². The van der Waals surface area contributed by atoms with Gasteiger partial charge in [-0.15, -0.1) is 0 Å². The van der Waals surface area contributed by atoms with Crippen LogP contribution in [0.1, 0.15) is 18.9 Å². The highest BCUT2D eigenvalue weighted by Crippen LogP contribution is 2.27. The van der Waals surface area contributed by atoms with Gasteiger partial charge in [0.1, 0.15) is 11.5 Å². The number of halogens is 2. The molecule has 1 aromatic rings. The fourth-order valence-electron chi connectivity index (χ4n) is 1.46. The van der Waals surface area contributed by atoms with Crippen LogP contribution in [0.2, 0.25) is 0 Å². The van der Waals surface area contributed by atoms with Crippen molar-refractivity contribution in [1.82, 2.24) is 0 Å². The van der Waals surface area contributed by atoms with E-state index in [1.165, 1.54) is 13.2 Å². The van der Waals surface area contributed by atoms with Gasteiger partial charge >= 0.3 is 6.61 Å². The van der Waals surface area contributed by atoms with E-state index in [-0.39, 0.29) is 11.8 Å². The van der Waals surface area contributed by atoms with Gasteiger partial charge in [0, 0.05) is 12.1 Å². The third-order valence-electron chi connectivity index (χ3n) is 2.50. The molecule has 0 spiro atoms. The van der Waals surface area contributed by atoms with Crippen molar-refractivity contribution in [2.24, 2.45) is 5.73 Å². The van der Waals surface area contributed by atoms with Gasteiger partial charge in [-0.05, 0) is 24.5 Å². The lowest BCUT2D eigenvalue weighted by atomic mass is 10.0. The van der Waals surface area contributed by atoms with Gasteiger partial charge in [-0.25, -0.2) is 0 Å². The first-order chi connectivity index (χ1) is 8.06. The number of hydrogen-bond acceptors (Lipinski definition) is 3. The lowest BCUT2D eigenvalue weighted by Crippen LogP contribution is -2.22. The van der Waals surface area contributed by atoms with Crippen molar-refractivity contribution in [3.05, 3.63) is 23.8 Å². The summed E-state index contributed by atoms with van der Waals surface area (Å²) >= 11 is 0. The molecule has 0 aromatic heterocycles. The molecule has 0 bridgehead atoms. The summed E-state index contributed by atoms with van der Waals surface area (Å²) in [6, 6.07) is 4.79. The van der Waals surface area contributed by atoms with Crippen molar-refractivity contribution >= 4 is 0 Å². The average molecular weight is 245 g/mol. The van der Waals surface area contributed by atoms with Crippen LogP contribution in [0, 0.1) is 0 Å². The smallest absolute Gasteiger partial charge is 0.387 e. The molecule has 3 nitrogen and oxygen atoms in total. The maximum absolute atomic E-state index is 12.3. The largest absolute Gasteiger partial charge is 0.497 e. The first kappa shape index (κ1) is 13.7. The van der Waals surface area contributed by atoms with Crippen LogP contribution in [0.25, 0.3) is 0 Å². The highest BCUT2D eigenvalue weighted by molar-refractivity contribution is 5.41. The number of alkyl halides is 2. The van der Waals surface area contributed by atoms with Crippen LogP contribution < -0.4 is 15.2 Å². The van der Waals surface area contributed by atoms with E-state index in [4.69, 9.17) is 10.5 Å². The predicted octanol–water partition coefficient (Wildman–Crippen LogP) is 2.58. The van der Waals surface area contributed by atoms with Gasteiger partial charge in [-0.3, -0.25) is 0 Å². The Morgan fingerprint density at radius 1 is 1.35 bits per heavy atom. The van der Waals surface area contributed by atoms with Crippen LogP contribution in [0.5, 0.6) is 11.5 Å². The SMILES string of the molecule is CCC(N)Cc1ccc(OC)cc1OC(F)F. The summed E-state index contributed by atoms with van der Waals surface area (Å²) in [5.41, 5.74) is 6.47. The van der Waals surface area contributed by atoms with E-state index >= 15 is 0 Å². The second kappa shape index (κ2) is 6.39. The van der Waals surface area contributed by atoms with Crippen molar-refractivity contribution in [3.8, 4) is 11.5 Å². The molecule has 2 N–H and O–H groups in total. The number of methoxy groups -OCH3 is 1. The van der Waals surface area contributed by atoms with Crippen molar-refractivity contribution < 1.29 is 18.3 Å². The number of nitrogens with two attached hydrogens (primary N) is 1. The average Bonchev–Trinajstić information content (AvgIpc) is 2.30. The fraction of sp³-hybridized carbons (Fsp3) is 0.500. The van der Waals surface area contributed by atoms with E-state index in [2.05, 4.69) is 4.74 Å². The number of ether oxygens (including phenoxy) is 2. The Hall–Kier alpha value is -1.36. The molecule has 1 aromatic carbocycles. The maximum atomic E-state index is 12.3. The van der Waals surface area contributed by atoms with Crippen LogP contribution in [-0.4, -0.2) is 19.8 Å². The molecule has 1 unspecified atom stereocenters. The normalized spacial score (nSPS) is 12.6. The monoisotopic (exact) mass is 245 g/mol. The van der Waals surface area contributed by atoms with Crippen LogP contribution >= 0.6 is 0 Å². The minimum atomic E-state index is -2.85. The summed E-state index contributed by atoms with van der Waals surface area (Å²) in [6.45, 7) is -0.902. The topological polar surface area (TPSA) is 44.5 Å². The van der Waals surface area contributed by atoms with Gasteiger partial charge < -0.3 is 15.2 Å². The second-order valence-electron chi connectivity index (χ2n) is 3.72.